The molecule has 3 aromatic carbocycles. The minimum Gasteiger partial charge on any atom is -0.505 e. The Morgan fingerprint density at radius 3 is 2.45 bits per heavy atom. The number of rotatable bonds is 9. The van der Waals surface area contributed by atoms with Crippen molar-refractivity contribution in [2.45, 2.75) is 52.9 Å². The summed E-state index contributed by atoms with van der Waals surface area (Å²) in [4.78, 5) is 24.8. The molecule has 38 heavy (non-hydrogen) atoms. The van der Waals surface area contributed by atoms with Gasteiger partial charge in [0.05, 0.1) is 23.0 Å². The number of nitrogens with zero attached hydrogens (tertiary/aromatic N) is 3. The van der Waals surface area contributed by atoms with Gasteiger partial charge in [0.25, 0.3) is 0 Å². The topological polar surface area (TPSA) is 115 Å². The molecule has 0 radical (unpaired) electrons. The minimum absolute atomic E-state index is 0.0311. The molecule has 3 N–H and O–H groups in total. The highest BCUT2D eigenvalue weighted by molar-refractivity contribution is 6.71. The van der Waals surface area contributed by atoms with Crippen LogP contribution in [0.2, 0.25) is 0 Å². The van der Waals surface area contributed by atoms with Crippen LogP contribution >= 0.6 is 0 Å². The van der Waals surface area contributed by atoms with E-state index in [1.165, 1.54) is 5.01 Å². The number of unbranched alkanes of at least 4 members (excludes halogenated alkanes) is 1. The maximum absolute atomic E-state index is 13.0. The zero-order chi connectivity index (χ0) is 27.4. The van der Waals surface area contributed by atoms with E-state index in [0.717, 1.165) is 35.1 Å². The third-order valence-corrected chi connectivity index (χ3v) is 6.82. The molecule has 1 aliphatic heterocycles. The van der Waals surface area contributed by atoms with Crippen LogP contribution < -0.4 is 10.4 Å². The summed E-state index contributed by atoms with van der Waals surface area (Å²) in [6.07, 6.45) is 2.35. The average molecular weight is 513 g/mol. The molecular weight excluding hydrogens is 480 g/mol. The number of phenols is 1. The molecule has 0 aliphatic carbocycles. The van der Waals surface area contributed by atoms with Gasteiger partial charge >= 0.3 is 11.9 Å². The highest BCUT2D eigenvalue weighted by Crippen LogP contribution is 2.36. The number of phenolic OH excluding ortho intramolecular Hbond substituents is 1. The summed E-state index contributed by atoms with van der Waals surface area (Å²) >= 11 is 0. The van der Waals surface area contributed by atoms with Crippen LogP contribution in [0, 0.1) is 13.8 Å². The molecule has 0 spiro atoms. The van der Waals surface area contributed by atoms with Gasteiger partial charge in [0.1, 0.15) is 5.75 Å². The summed E-state index contributed by atoms with van der Waals surface area (Å²) in [6.45, 7) is 7.73. The van der Waals surface area contributed by atoms with Crippen molar-refractivity contribution in [2.24, 2.45) is 10.2 Å². The van der Waals surface area contributed by atoms with Gasteiger partial charge in [-0.3, -0.25) is 15.0 Å². The van der Waals surface area contributed by atoms with Gasteiger partial charge in [-0.25, -0.2) is 0 Å². The van der Waals surface area contributed by atoms with Crippen molar-refractivity contribution < 1.29 is 19.8 Å². The van der Waals surface area contributed by atoms with Crippen LogP contribution in [0.15, 0.2) is 70.9 Å². The van der Waals surface area contributed by atoms with Crippen LogP contribution in [0.25, 0.3) is 11.1 Å². The molecule has 0 aromatic heterocycles. The van der Waals surface area contributed by atoms with Crippen LogP contribution in [0.3, 0.4) is 0 Å². The Labute approximate surface area is 222 Å². The van der Waals surface area contributed by atoms with Crippen molar-refractivity contribution in [3.8, 4) is 16.9 Å². The van der Waals surface area contributed by atoms with E-state index in [0.29, 0.717) is 29.1 Å². The molecule has 1 unspecified atom stereocenters. The van der Waals surface area contributed by atoms with Crippen LogP contribution in [0.1, 0.15) is 55.7 Å². The number of hydrazone groups is 2. The molecule has 1 heterocycles. The fourth-order valence-corrected chi connectivity index (χ4v) is 4.38. The first-order valence-corrected chi connectivity index (χ1v) is 12.7. The van der Waals surface area contributed by atoms with Crippen LogP contribution in [-0.4, -0.2) is 33.5 Å². The molecule has 4 rings (SSSR count). The molecule has 1 aliphatic rings. The van der Waals surface area contributed by atoms with Gasteiger partial charge in [-0.15, -0.1) is 0 Å². The largest absolute Gasteiger partial charge is 0.505 e. The predicted molar refractivity (Wildman–Crippen MR) is 151 cm³/mol. The first-order chi connectivity index (χ1) is 18.2. The molecule has 1 atom stereocenters. The highest BCUT2D eigenvalue weighted by atomic mass is 16.4. The second kappa shape index (κ2) is 11.3. The predicted octanol–water partition coefficient (Wildman–Crippen LogP) is 6.23. The number of carboxylic acid groups (broad SMARTS) is 1. The molecule has 8 nitrogen and oxygen atoms in total. The van der Waals surface area contributed by atoms with E-state index in [9.17, 15) is 19.8 Å². The van der Waals surface area contributed by atoms with Crippen molar-refractivity contribution in [1.82, 2.24) is 0 Å². The molecule has 196 valence electrons. The Bertz CT molecular complexity index is 1430. The number of para-hydroxylation sites is 1. The fraction of sp³-hybridized carbons (Fsp3) is 0.267. The van der Waals surface area contributed by atoms with Gasteiger partial charge in [0.15, 0.2) is 5.71 Å². The quantitative estimate of drug-likeness (QED) is 0.232. The highest BCUT2D eigenvalue weighted by Gasteiger charge is 2.31. The lowest BCUT2D eigenvalue weighted by molar-refractivity contribution is -0.139. The van der Waals surface area contributed by atoms with E-state index < -0.39 is 11.9 Å². The lowest BCUT2D eigenvalue weighted by Crippen LogP contribution is -2.28. The maximum atomic E-state index is 13.0. The number of carbonyl (C=O) groups excluding carboxylic acids is 1. The molecule has 0 saturated heterocycles. The number of aryl methyl sites for hydroxylation is 2. The SMILES string of the molecule is CCCCC(C(=O)O)c1ccc(-c2cccc(NN=C3C(=O)N(c4ccc(C)c(C)c4)N=C3C)c2O)cc1. The van der Waals surface area contributed by atoms with E-state index in [1.54, 1.807) is 49.4 Å². The summed E-state index contributed by atoms with van der Waals surface area (Å²) in [5.74, 6) is -1.79. The monoisotopic (exact) mass is 512 g/mol. The minimum atomic E-state index is -0.837. The molecule has 0 bridgehead atoms. The van der Waals surface area contributed by atoms with E-state index in [1.807, 2.05) is 39.0 Å². The number of aromatic hydroxyl groups is 1. The number of carbonyl (C=O) groups is 2. The molecule has 0 saturated carbocycles. The van der Waals surface area contributed by atoms with Crippen molar-refractivity contribution >= 4 is 34.7 Å². The Kier molecular flexibility index (Phi) is 7.90. The summed E-state index contributed by atoms with van der Waals surface area (Å²) < 4.78 is 0. The van der Waals surface area contributed by atoms with Crippen molar-refractivity contribution in [2.75, 3.05) is 10.4 Å². The van der Waals surface area contributed by atoms with Gasteiger partial charge in [-0.05, 0) is 67.6 Å². The number of benzene rings is 3. The third kappa shape index (κ3) is 5.44. The second-order valence-electron chi connectivity index (χ2n) is 9.50. The normalized spacial score (nSPS) is 15.1. The van der Waals surface area contributed by atoms with Gasteiger partial charge in [0, 0.05) is 5.56 Å². The Morgan fingerprint density at radius 1 is 1.05 bits per heavy atom. The number of hydrogen-bond acceptors (Lipinski definition) is 6. The molecular formula is C30H32N4O4. The zero-order valence-corrected chi connectivity index (χ0v) is 22.0. The third-order valence-electron chi connectivity index (χ3n) is 6.82. The van der Waals surface area contributed by atoms with Crippen molar-refractivity contribution in [1.29, 1.82) is 0 Å². The van der Waals surface area contributed by atoms with Crippen LogP contribution in [-0.2, 0) is 9.59 Å². The van der Waals surface area contributed by atoms with Gasteiger partial charge in [0.2, 0.25) is 0 Å². The first-order valence-electron chi connectivity index (χ1n) is 12.7. The van der Waals surface area contributed by atoms with E-state index >= 15 is 0 Å². The van der Waals surface area contributed by atoms with Crippen LogP contribution in [0.4, 0.5) is 11.4 Å². The van der Waals surface area contributed by atoms with Crippen molar-refractivity contribution in [3.05, 3.63) is 77.4 Å². The molecule has 8 heteroatoms. The number of aliphatic carboxylic acids is 1. The molecule has 0 fully saturated rings. The van der Waals surface area contributed by atoms with E-state index in [2.05, 4.69) is 15.6 Å². The van der Waals surface area contributed by atoms with E-state index in [4.69, 9.17) is 0 Å². The van der Waals surface area contributed by atoms with E-state index in [-0.39, 0.29) is 17.4 Å². The maximum Gasteiger partial charge on any atom is 0.310 e. The standard InChI is InChI=1S/C30H32N4O4/c1-5-6-8-25(30(37)38)22-14-12-21(13-15-22)24-9-7-10-26(28(24)35)31-32-27-20(4)33-34(29(27)36)23-16-11-18(2)19(3)17-23/h7,9-17,25,31,35H,5-6,8H2,1-4H3,(H,37,38). The summed E-state index contributed by atoms with van der Waals surface area (Å²) in [5, 5.41) is 30.5. The lowest BCUT2D eigenvalue weighted by atomic mass is 9.92. The van der Waals surface area contributed by atoms with Gasteiger partial charge in [-0.1, -0.05) is 62.2 Å². The first kappa shape index (κ1) is 26.6. The Balaban J connectivity index is 1.54. The Morgan fingerprint density at radius 2 is 1.79 bits per heavy atom. The van der Waals surface area contributed by atoms with Gasteiger partial charge in [-0.2, -0.15) is 15.2 Å². The smallest absolute Gasteiger partial charge is 0.310 e. The Hall–Kier alpha value is -4.46. The number of nitrogens with one attached hydrogen (secondary N) is 1. The molecule has 1 amide bonds. The molecule has 3 aromatic rings. The summed E-state index contributed by atoms with van der Waals surface area (Å²) in [7, 11) is 0. The number of carboxylic acids is 1. The number of amides is 1. The summed E-state index contributed by atoms with van der Waals surface area (Å²) in [6, 6.07) is 18.1. The fourth-order valence-electron chi connectivity index (χ4n) is 4.38. The van der Waals surface area contributed by atoms with Gasteiger partial charge < -0.3 is 10.2 Å². The second-order valence-corrected chi connectivity index (χ2v) is 9.50. The summed E-state index contributed by atoms with van der Waals surface area (Å²) in [5.41, 5.74) is 8.63. The van der Waals surface area contributed by atoms with Crippen LogP contribution in [0.5, 0.6) is 5.75 Å². The number of hydrogen-bond donors (Lipinski definition) is 3. The average Bonchev–Trinajstić information content (AvgIpc) is 3.18. The number of anilines is 2. The lowest BCUT2D eigenvalue weighted by Gasteiger charge is -2.14. The zero-order valence-electron chi connectivity index (χ0n) is 22.0. The van der Waals surface area contributed by atoms with Crippen molar-refractivity contribution in [3.63, 3.8) is 0 Å².